The lowest BCUT2D eigenvalue weighted by Gasteiger charge is -2.07. The van der Waals surface area contributed by atoms with Gasteiger partial charge >= 0.3 is 0 Å². The van der Waals surface area contributed by atoms with Crippen LogP contribution >= 0.6 is 0 Å². The lowest BCUT2D eigenvalue weighted by atomic mass is 10.0. The third kappa shape index (κ3) is 12.6. The Balaban J connectivity index is 0. The van der Waals surface area contributed by atoms with E-state index in [4.69, 9.17) is 9.84 Å². The van der Waals surface area contributed by atoms with Crippen LogP contribution in [-0.2, 0) is 4.74 Å². The van der Waals surface area contributed by atoms with Crippen LogP contribution in [0, 0.1) is 26.1 Å². The van der Waals surface area contributed by atoms with Crippen LogP contribution in [0.4, 0.5) is 0 Å². The average Bonchev–Trinajstić information content (AvgIpc) is 2.64. The molecule has 0 aromatic heterocycles. The van der Waals surface area contributed by atoms with E-state index in [-0.39, 0.29) is 30.3 Å². The van der Waals surface area contributed by atoms with Gasteiger partial charge in [-0.3, -0.25) is 20.2 Å². The lowest BCUT2D eigenvalue weighted by molar-refractivity contribution is -0.436. The minimum absolute atomic E-state index is 0.113. The summed E-state index contributed by atoms with van der Waals surface area (Å²) >= 11 is 0. The smallest absolute Gasteiger partial charge is 0.272 e. The summed E-state index contributed by atoms with van der Waals surface area (Å²) in [5.41, 5.74) is 0.369. The van der Waals surface area contributed by atoms with Crippen molar-refractivity contribution in [2.24, 2.45) is 5.92 Å². The maximum atomic E-state index is 11.2. The predicted molar refractivity (Wildman–Crippen MR) is 111 cm³/mol. The van der Waals surface area contributed by atoms with Crippen LogP contribution in [0.2, 0.25) is 0 Å². The molecule has 0 amide bonds. The lowest BCUT2D eigenvalue weighted by Crippen LogP contribution is -2.05. The van der Waals surface area contributed by atoms with E-state index in [0.29, 0.717) is 12.4 Å². The second-order valence-corrected chi connectivity index (χ2v) is 5.73. The fraction of sp³-hybridized carbons (Fsp3) is 0.500. The van der Waals surface area contributed by atoms with Crippen molar-refractivity contribution in [1.29, 1.82) is 0 Å². The van der Waals surface area contributed by atoms with Crippen molar-refractivity contribution in [3.05, 3.63) is 79.9 Å². The number of nitrogens with zero attached hydrogens (tertiary/aromatic N) is 2. The molecule has 1 N–H and O–H groups in total. The van der Waals surface area contributed by atoms with Gasteiger partial charge in [-0.15, -0.1) is 0 Å². The quantitative estimate of drug-likeness (QED) is 0.232. The SMILES string of the molecule is C=C/C(=C\C=C(/C)C(C)/C=C(\C=C(/CC)[N+](=O)[O-])[N+](=O)[O-])OCCC.CCO. The first-order valence-corrected chi connectivity index (χ1v) is 9.13. The number of aliphatic hydroxyl groups excluding tert-OH is 1. The minimum atomic E-state index is -0.613. The molecule has 0 spiro atoms. The number of aliphatic hydroxyl groups is 1. The summed E-state index contributed by atoms with van der Waals surface area (Å²) < 4.78 is 5.47. The van der Waals surface area contributed by atoms with Gasteiger partial charge in [0.2, 0.25) is 0 Å². The van der Waals surface area contributed by atoms with Crippen LogP contribution in [-0.4, -0.2) is 28.2 Å². The predicted octanol–water partition coefficient (Wildman–Crippen LogP) is 4.80. The van der Waals surface area contributed by atoms with Crippen molar-refractivity contribution in [3.63, 3.8) is 0 Å². The van der Waals surface area contributed by atoms with Gasteiger partial charge in [0.1, 0.15) is 5.76 Å². The Morgan fingerprint density at radius 3 is 2.14 bits per heavy atom. The van der Waals surface area contributed by atoms with E-state index in [1.807, 2.05) is 13.8 Å². The molecule has 0 radical (unpaired) electrons. The summed E-state index contributed by atoms with van der Waals surface area (Å²) in [6.45, 7) is 13.4. The molecular weight excluding hydrogens is 364 g/mol. The van der Waals surface area contributed by atoms with E-state index >= 15 is 0 Å². The molecule has 1 unspecified atom stereocenters. The van der Waals surface area contributed by atoms with Gasteiger partial charge in [0, 0.05) is 25.0 Å². The van der Waals surface area contributed by atoms with Crippen molar-refractivity contribution in [1.82, 2.24) is 0 Å². The van der Waals surface area contributed by atoms with Crippen molar-refractivity contribution < 1.29 is 19.7 Å². The first kappa shape index (κ1) is 27.5. The van der Waals surface area contributed by atoms with Gasteiger partial charge in [-0.1, -0.05) is 39.0 Å². The molecule has 0 aliphatic heterocycles. The van der Waals surface area contributed by atoms with Gasteiger partial charge in [0.25, 0.3) is 11.4 Å². The van der Waals surface area contributed by atoms with E-state index < -0.39 is 9.85 Å². The third-order valence-electron chi connectivity index (χ3n) is 3.45. The Morgan fingerprint density at radius 2 is 1.75 bits per heavy atom. The second kappa shape index (κ2) is 16.4. The number of rotatable bonds is 11. The zero-order valence-corrected chi connectivity index (χ0v) is 17.4. The number of nitro groups is 2. The summed E-state index contributed by atoms with van der Waals surface area (Å²) in [4.78, 5) is 20.8. The topological polar surface area (TPSA) is 116 Å². The van der Waals surface area contributed by atoms with Crippen LogP contribution in [0.15, 0.2) is 59.7 Å². The summed E-state index contributed by atoms with van der Waals surface area (Å²) in [5.74, 6) is 0.350. The Kier molecular flexibility index (Phi) is 16.1. The van der Waals surface area contributed by atoms with E-state index in [1.54, 1.807) is 39.0 Å². The Bertz CT molecular complexity index is 633. The van der Waals surface area contributed by atoms with E-state index in [2.05, 4.69) is 6.58 Å². The van der Waals surface area contributed by atoms with E-state index in [0.717, 1.165) is 18.1 Å². The standard InChI is InChI=1S/C18H26N2O5.C2H6O/c1-6-11-25-18(8-3)10-9-14(4)15(5)12-17(20(23)24)13-16(7-2)19(21)22;1-2-3/h8-10,12-13,15H,3,6-7,11H2,1-2,4-5H3;3H,2H2,1H3/b14-9+,16-13+,17-12+,18-10+;. The molecule has 0 aromatic rings. The van der Waals surface area contributed by atoms with Gasteiger partial charge in [0.05, 0.1) is 22.5 Å². The summed E-state index contributed by atoms with van der Waals surface area (Å²) in [7, 11) is 0. The van der Waals surface area contributed by atoms with Gasteiger partial charge < -0.3 is 9.84 Å². The van der Waals surface area contributed by atoms with E-state index in [9.17, 15) is 20.2 Å². The zero-order valence-electron chi connectivity index (χ0n) is 17.4. The normalized spacial score (nSPS) is 13.9. The molecule has 28 heavy (non-hydrogen) atoms. The highest BCUT2D eigenvalue weighted by atomic mass is 16.6. The molecule has 0 saturated carbocycles. The number of ether oxygens (including phenoxy) is 1. The van der Waals surface area contributed by atoms with Gasteiger partial charge in [-0.2, -0.15) is 0 Å². The molecule has 8 nitrogen and oxygen atoms in total. The molecule has 1 atom stereocenters. The largest absolute Gasteiger partial charge is 0.494 e. The van der Waals surface area contributed by atoms with Crippen LogP contribution < -0.4 is 0 Å². The fourth-order valence-electron chi connectivity index (χ4n) is 1.76. The molecule has 0 heterocycles. The van der Waals surface area contributed by atoms with Crippen LogP contribution in [0.1, 0.15) is 47.5 Å². The molecule has 158 valence electrons. The number of hydrogen-bond donors (Lipinski definition) is 1. The minimum Gasteiger partial charge on any atom is -0.494 e. The van der Waals surface area contributed by atoms with Gasteiger partial charge in [0.15, 0.2) is 0 Å². The van der Waals surface area contributed by atoms with Gasteiger partial charge in [-0.25, -0.2) is 0 Å². The van der Waals surface area contributed by atoms with Crippen molar-refractivity contribution in [2.75, 3.05) is 13.2 Å². The fourth-order valence-corrected chi connectivity index (χ4v) is 1.76. The summed E-state index contributed by atoms with van der Waals surface area (Å²) in [6.07, 6.45) is 8.54. The molecule has 0 rings (SSSR count). The molecule has 0 aliphatic rings. The first-order chi connectivity index (χ1) is 13.2. The molecule has 8 heteroatoms. The highest BCUT2D eigenvalue weighted by Crippen LogP contribution is 2.17. The molecule has 0 fully saturated rings. The first-order valence-electron chi connectivity index (χ1n) is 9.13. The van der Waals surface area contributed by atoms with Crippen LogP contribution in [0.3, 0.4) is 0 Å². The monoisotopic (exact) mass is 396 g/mol. The van der Waals surface area contributed by atoms with Crippen molar-refractivity contribution >= 4 is 0 Å². The van der Waals surface area contributed by atoms with Crippen LogP contribution in [0.5, 0.6) is 0 Å². The summed E-state index contributed by atoms with van der Waals surface area (Å²) in [5, 5.41) is 29.6. The molecule has 0 aliphatic carbocycles. The molecule has 0 saturated heterocycles. The number of allylic oxidation sites excluding steroid dienone is 7. The second-order valence-electron chi connectivity index (χ2n) is 5.73. The highest BCUT2D eigenvalue weighted by molar-refractivity contribution is 5.24. The Morgan fingerprint density at radius 1 is 1.18 bits per heavy atom. The van der Waals surface area contributed by atoms with Crippen molar-refractivity contribution in [3.8, 4) is 0 Å². The zero-order chi connectivity index (χ0) is 22.1. The number of hydrogen-bond acceptors (Lipinski definition) is 6. The highest BCUT2D eigenvalue weighted by Gasteiger charge is 2.17. The molecular formula is C20H32N2O6. The molecule has 0 bridgehead atoms. The Labute approximate surface area is 166 Å². The molecule has 0 aromatic carbocycles. The van der Waals surface area contributed by atoms with Crippen molar-refractivity contribution in [2.45, 2.75) is 47.5 Å². The Hall–Kier alpha value is -2.74. The van der Waals surface area contributed by atoms with Crippen LogP contribution in [0.25, 0.3) is 0 Å². The third-order valence-corrected chi connectivity index (χ3v) is 3.45. The van der Waals surface area contributed by atoms with E-state index in [1.165, 1.54) is 6.08 Å². The maximum absolute atomic E-state index is 11.2. The maximum Gasteiger partial charge on any atom is 0.272 e. The average molecular weight is 396 g/mol. The van der Waals surface area contributed by atoms with Gasteiger partial charge in [-0.05, 0) is 32.4 Å². The summed E-state index contributed by atoms with van der Waals surface area (Å²) in [6, 6.07) is 0.